The number of phenols is 1. The van der Waals surface area contributed by atoms with Gasteiger partial charge in [0.15, 0.2) is 0 Å². The molecule has 1 saturated carbocycles. The lowest BCUT2D eigenvalue weighted by Gasteiger charge is -2.35. The second-order valence-corrected chi connectivity index (χ2v) is 7.01. The van der Waals surface area contributed by atoms with Gasteiger partial charge in [-0.1, -0.05) is 36.2 Å². The van der Waals surface area contributed by atoms with Gasteiger partial charge < -0.3 is 10.4 Å². The highest BCUT2D eigenvalue weighted by atomic mass is 79.9. The molecule has 0 heterocycles. The number of aromatic hydroxyl groups is 1. The van der Waals surface area contributed by atoms with Crippen molar-refractivity contribution in [3.63, 3.8) is 0 Å². The summed E-state index contributed by atoms with van der Waals surface area (Å²) in [6.07, 6.45) is 4.37. The molecule has 104 valence electrons. The molecule has 1 aromatic carbocycles. The quantitative estimate of drug-likeness (QED) is 0.867. The van der Waals surface area contributed by atoms with Crippen LogP contribution in [0.2, 0.25) is 0 Å². The molecule has 4 heteroatoms. The molecule has 1 fully saturated rings. The van der Waals surface area contributed by atoms with Gasteiger partial charge in [-0.15, -0.1) is 0 Å². The first kappa shape index (κ1) is 14.4. The zero-order chi connectivity index (χ0) is 14.0. The Hall–Kier alpha value is -1.03. The van der Waals surface area contributed by atoms with Gasteiger partial charge in [-0.3, -0.25) is 4.79 Å². The fourth-order valence-corrected chi connectivity index (χ4v) is 3.13. The fraction of sp³-hybridized carbons (Fsp3) is 0.533. The highest BCUT2D eigenvalue weighted by molar-refractivity contribution is 9.10. The van der Waals surface area contributed by atoms with Crippen molar-refractivity contribution < 1.29 is 9.90 Å². The van der Waals surface area contributed by atoms with E-state index in [1.54, 1.807) is 18.2 Å². The average Bonchev–Trinajstić information content (AvgIpc) is 2.27. The second-order valence-electron chi connectivity index (χ2n) is 6.09. The largest absolute Gasteiger partial charge is 0.507 e. The summed E-state index contributed by atoms with van der Waals surface area (Å²) >= 11 is 3.27. The van der Waals surface area contributed by atoms with Crippen LogP contribution < -0.4 is 5.32 Å². The smallest absolute Gasteiger partial charge is 0.255 e. The molecule has 19 heavy (non-hydrogen) atoms. The first-order valence-corrected chi connectivity index (χ1v) is 7.46. The zero-order valence-corrected chi connectivity index (χ0v) is 13.0. The number of rotatable bonds is 2. The van der Waals surface area contributed by atoms with Crippen LogP contribution in [-0.2, 0) is 0 Å². The summed E-state index contributed by atoms with van der Waals surface area (Å²) in [5.74, 6) is -0.172. The summed E-state index contributed by atoms with van der Waals surface area (Å²) in [6, 6.07) is 5.15. The number of benzene rings is 1. The number of halogens is 1. The van der Waals surface area contributed by atoms with Crippen LogP contribution in [0, 0.1) is 5.41 Å². The topological polar surface area (TPSA) is 49.3 Å². The monoisotopic (exact) mass is 325 g/mol. The molecule has 1 unspecified atom stereocenters. The molecule has 0 bridgehead atoms. The molecule has 0 aromatic heterocycles. The van der Waals surface area contributed by atoms with Gasteiger partial charge in [0.05, 0.1) is 5.56 Å². The van der Waals surface area contributed by atoms with E-state index in [1.807, 2.05) is 0 Å². The molecular weight excluding hydrogens is 306 g/mol. The van der Waals surface area contributed by atoms with E-state index in [4.69, 9.17) is 0 Å². The van der Waals surface area contributed by atoms with Gasteiger partial charge >= 0.3 is 0 Å². The van der Waals surface area contributed by atoms with E-state index in [9.17, 15) is 9.90 Å². The lowest BCUT2D eigenvalue weighted by molar-refractivity contribution is 0.0900. The molecule has 0 saturated heterocycles. The number of phenolic OH excluding ortho intramolecular Hbond substituents is 1. The lowest BCUT2D eigenvalue weighted by atomic mass is 9.75. The molecule has 1 amide bonds. The Kier molecular flexibility index (Phi) is 4.19. The summed E-state index contributed by atoms with van der Waals surface area (Å²) in [5, 5.41) is 12.8. The molecular formula is C15H20BrNO2. The standard InChI is InChI=1S/C15H20BrNO2/c1-15(2)7-3-4-11(9-15)17-14(19)12-6-5-10(16)8-13(12)18/h5-6,8,11,18H,3-4,7,9H2,1-2H3,(H,17,19). The summed E-state index contributed by atoms with van der Waals surface area (Å²) < 4.78 is 0.764. The van der Waals surface area contributed by atoms with Crippen LogP contribution in [0.3, 0.4) is 0 Å². The van der Waals surface area contributed by atoms with Crippen molar-refractivity contribution in [2.75, 3.05) is 0 Å². The molecule has 3 nitrogen and oxygen atoms in total. The number of amides is 1. The Morgan fingerprint density at radius 1 is 1.47 bits per heavy atom. The lowest BCUT2D eigenvalue weighted by Crippen LogP contribution is -2.40. The van der Waals surface area contributed by atoms with Gasteiger partial charge in [0.25, 0.3) is 5.91 Å². The molecule has 1 aliphatic rings. The first-order chi connectivity index (χ1) is 8.87. The molecule has 1 aromatic rings. The van der Waals surface area contributed by atoms with Crippen molar-refractivity contribution in [1.29, 1.82) is 0 Å². The maximum atomic E-state index is 12.2. The van der Waals surface area contributed by atoms with E-state index in [-0.39, 0.29) is 23.1 Å². The predicted octanol–water partition coefficient (Wildman–Crippen LogP) is 3.85. The minimum absolute atomic E-state index is 0.0157. The normalized spacial score (nSPS) is 21.9. The van der Waals surface area contributed by atoms with Gasteiger partial charge in [0, 0.05) is 10.5 Å². The number of carbonyl (C=O) groups is 1. The van der Waals surface area contributed by atoms with Crippen LogP contribution in [0.1, 0.15) is 49.9 Å². The first-order valence-electron chi connectivity index (χ1n) is 6.67. The minimum atomic E-state index is -0.187. The van der Waals surface area contributed by atoms with E-state index >= 15 is 0 Å². The Balaban J connectivity index is 2.04. The third-order valence-corrected chi connectivity index (χ3v) is 4.24. The number of hydrogen-bond donors (Lipinski definition) is 2. The van der Waals surface area contributed by atoms with Crippen LogP contribution in [0.25, 0.3) is 0 Å². The van der Waals surface area contributed by atoms with Gasteiger partial charge in [-0.05, 0) is 42.9 Å². The van der Waals surface area contributed by atoms with Crippen LogP contribution in [-0.4, -0.2) is 17.1 Å². The summed E-state index contributed by atoms with van der Waals surface area (Å²) in [5.41, 5.74) is 0.629. The third kappa shape index (κ3) is 3.72. The van der Waals surface area contributed by atoms with E-state index in [1.165, 1.54) is 6.42 Å². The van der Waals surface area contributed by atoms with Gasteiger partial charge in [0.1, 0.15) is 5.75 Å². The van der Waals surface area contributed by atoms with Crippen molar-refractivity contribution in [2.24, 2.45) is 5.41 Å². The molecule has 0 spiro atoms. The summed E-state index contributed by atoms with van der Waals surface area (Å²) in [7, 11) is 0. The summed E-state index contributed by atoms with van der Waals surface area (Å²) in [4.78, 5) is 12.2. The number of hydrogen-bond acceptors (Lipinski definition) is 2. The SMILES string of the molecule is CC1(C)CCCC(NC(=O)c2ccc(Br)cc2O)C1. The van der Waals surface area contributed by atoms with Crippen LogP contribution >= 0.6 is 15.9 Å². The van der Waals surface area contributed by atoms with E-state index in [2.05, 4.69) is 35.1 Å². The van der Waals surface area contributed by atoms with Crippen molar-refractivity contribution in [3.8, 4) is 5.75 Å². The molecule has 1 atom stereocenters. The third-order valence-electron chi connectivity index (χ3n) is 3.74. The van der Waals surface area contributed by atoms with E-state index in [0.717, 1.165) is 23.7 Å². The van der Waals surface area contributed by atoms with Crippen LogP contribution in [0.5, 0.6) is 5.75 Å². The van der Waals surface area contributed by atoms with Crippen LogP contribution in [0.4, 0.5) is 0 Å². The fourth-order valence-electron chi connectivity index (χ4n) is 2.78. The Morgan fingerprint density at radius 3 is 2.84 bits per heavy atom. The van der Waals surface area contributed by atoms with Gasteiger partial charge in [-0.2, -0.15) is 0 Å². The average molecular weight is 326 g/mol. The van der Waals surface area contributed by atoms with E-state index < -0.39 is 0 Å². The van der Waals surface area contributed by atoms with Crippen molar-refractivity contribution >= 4 is 21.8 Å². The highest BCUT2D eigenvalue weighted by Gasteiger charge is 2.29. The van der Waals surface area contributed by atoms with Crippen molar-refractivity contribution in [2.45, 2.75) is 45.6 Å². The van der Waals surface area contributed by atoms with Crippen LogP contribution in [0.15, 0.2) is 22.7 Å². The van der Waals surface area contributed by atoms with Gasteiger partial charge in [-0.25, -0.2) is 0 Å². The minimum Gasteiger partial charge on any atom is -0.507 e. The predicted molar refractivity (Wildman–Crippen MR) is 79.3 cm³/mol. The maximum Gasteiger partial charge on any atom is 0.255 e. The Bertz CT molecular complexity index is 485. The van der Waals surface area contributed by atoms with Crippen molar-refractivity contribution in [1.82, 2.24) is 5.32 Å². The Labute approximate surface area is 122 Å². The van der Waals surface area contributed by atoms with Gasteiger partial charge in [0.2, 0.25) is 0 Å². The molecule has 0 aliphatic heterocycles. The molecule has 2 N–H and O–H groups in total. The van der Waals surface area contributed by atoms with E-state index in [0.29, 0.717) is 5.56 Å². The molecule has 2 rings (SSSR count). The number of carbonyl (C=O) groups excluding carboxylic acids is 1. The maximum absolute atomic E-state index is 12.2. The van der Waals surface area contributed by atoms with Crippen molar-refractivity contribution in [3.05, 3.63) is 28.2 Å². The highest BCUT2D eigenvalue weighted by Crippen LogP contribution is 2.35. The summed E-state index contributed by atoms with van der Waals surface area (Å²) in [6.45, 7) is 4.48. The molecule has 0 radical (unpaired) electrons. The molecule has 1 aliphatic carbocycles. The second kappa shape index (κ2) is 5.53. The Morgan fingerprint density at radius 2 is 2.21 bits per heavy atom. The number of nitrogens with one attached hydrogen (secondary N) is 1. The zero-order valence-electron chi connectivity index (χ0n) is 11.4.